The van der Waals surface area contributed by atoms with Crippen molar-refractivity contribution in [3.8, 4) is 5.75 Å². The molecule has 0 spiro atoms. The first-order valence-corrected chi connectivity index (χ1v) is 10.1. The Hall–Kier alpha value is -1.98. The van der Waals surface area contributed by atoms with Crippen molar-refractivity contribution >= 4 is 17.7 Å². The van der Waals surface area contributed by atoms with E-state index < -0.39 is 0 Å². The summed E-state index contributed by atoms with van der Waals surface area (Å²) in [5.74, 6) is 0.370. The molecule has 1 amide bonds. The molecule has 1 saturated heterocycles. The number of phenols is 1. The number of carbonyl (C=O) groups excluding carboxylic acids is 1. The normalized spacial score (nSPS) is 17.8. The third-order valence-corrected chi connectivity index (χ3v) is 5.98. The first-order chi connectivity index (χ1) is 12.7. The lowest BCUT2D eigenvalue weighted by molar-refractivity contribution is -0.121. The molecule has 2 atom stereocenters. The Morgan fingerprint density at radius 3 is 2.65 bits per heavy atom. The highest BCUT2D eigenvalue weighted by molar-refractivity contribution is 8.00. The van der Waals surface area contributed by atoms with E-state index in [4.69, 9.17) is 0 Å². The Morgan fingerprint density at radius 2 is 1.96 bits per heavy atom. The molecule has 2 aromatic rings. The molecule has 0 radical (unpaired) electrons. The highest BCUT2D eigenvalue weighted by atomic mass is 32.2. The topological polar surface area (TPSA) is 61.4 Å². The number of benzene rings is 2. The molecule has 1 aliphatic heterocycles. The zero-order valence-electron chi connectivity index (χ0n) is 14.9. The largest absolute Gasteiger partial charge is 0.508 e. The average Bonchev–Trinajstić information content (AvgIpc) is 3.19. The van der Waals surface area contributed by atoms with Gasteiger partial charge in [0.15, 0.2) is 0 Å². The first-order valence-electron chi connectivity index (χ1n) is 9.20. The van der Waals surface area contributed by atoms with Gasteiger partial charge in [-0.3, -0.25) is 4.79 Å². The molecule has 138 valence electrons. The van der Waals surface area contributed by atoms with E-state index in [1.165, 1.54) is 5.56 Å². The van der Waals surface area contributed by atoms with Crippen LogP contribution in [0.3, 0.4) is 0 Å². The number of nitrogens with one attached hydrogen (secondary N) is 2. The van der Waals surface area contributed by atoms with Crippen molar-refractivity contribution in [1.29, 1.82) is 0 Å². The second-order valence-electron chi connectivity index (χ2n) is 6.64. The minimum Gasteiger partial charge on any atom is -0.508 e. The SMILES string of the molecule is O=C(CC(Sc1ccc(O)cc1)C1CCCN1)NCCc1ccccc1. The summed E-state index contributed by atoms with van der Waals surface area (Å²) in [7, 11) is 0. The number of hydrogen-bond acceptors (Lipinski definition) is 4. The van der Waals surface area contributed by atoms with Crippen molar-refractivity contribution in [2.75, 3.05) is 13.1 Å². The van der Waals surface area contributed by atoms with Crippen LogP contribution in [0, 0.1) is 0 Å². The van der Waals surface area contributed by atoms with E-state index in [1.807, 2.05) is 30.3 Å². The number of thioether (sulfide) groups is 1. The van der Waals surface area contributed by atoms with Crippen LogP contribution in [-0.2, 0) is 11.2 Å². The number of hydrogen-bond donors (Lipinski definition) is 3. The van der Waals surface area contributed by atoms with E-state index in [0.29, 0.717) is 19.0 Å². The molecule has 3 N–H and O–H groups in total. The Kier molecular flexibility index (Phi) is 6.97. The van der Waals surface area contributed by atoms with E-state index in [9.17, 15) is 9.90 Å². The molecule has 1 fully saturated rings. The Bertz CT molecular complexity index is 685. The van der Waals surface area contributed by atoms with E-state index in [1.54, 1.807) is 23.9 Å². The van der Waals surface area contributed by atoms with Gasteiger partial charge in [0.2, 0.25) is 5.91 Å². The molecule has 26 heavy (non-hydrogen) atoms. The van der Waals surface area contributed by atoms with Crippen LogP contribution >= 0.6 is 11.8 Å². The number of carbonyl (C=O) groups is 1. The molecule has 0 aliphatic carbocycles. The fraction of sp³-hybridized carbons (Fsp3) is 0.381. The number of phenolic OH excluding ortho intramolecular Hbond substituents is 1. The maximum atomic E-state index is 12.5. The highest BCUT2D eigenvalue weighted by Crippen LogP contribution is 2.31. The molecule has 4 nitrogen and oxygen atoms in total. The van der Waals surface area contributed by atoms with Gasteiger partial charge in [-0.15, -0.1) is 11.8 Å². The summed E-state index contributed by atoms with van der Waals surface area (Å²) in [6.45, 7) is 1.68. The van der Waals surface area contributed by atoms with Gasteiger partial charge in [-0.25, -0.2) is 0 Å². The van der Waals surface area contributed by atoms with Gasteiger partial charge in [0.25, 0.3) is 0 Å². The minimum absolute atomic E-state index is 0.103. The summed E-state index contributed by atoms with van der Waals surface area (Å²) in [6, 6.07) is 17.8. The predicted octanol–water partition coefficient (Wildman–Crippen LogP) is 3.35. The van der Waals surface area contributed by atoms with Gasteiger partial charge in [0.1, 0.15) is 5.75 Å². The van der Waals surface area contributed by atoms with Crippen LogP contribution in [0.25, 0.3) is 0 Å². The van der Waals surface area contributed by atoms with Crippen LogP contribution in [0.4, 0.5) is 0 Å². The summed E-state index contributed by atoms with van der Waals surface area (Å²) in [5, 5.41) is 16.2. The van der Waals surface area contributed by atoms with E-state index in [2.05, 4.69) is 22.8 Å². The Balaban J connectivity index is 1.52. The minimum atomic E-state index is 0.103. The van der Waals surface area contributed by atoms with Crippen molar-refractivity contribution in [2.45, 2.75) is 41.9 Å². The number of aromatic hydroxyl groups is 1. The molecular weight excluding hydrogens is 344 g/mol. The quantitative estimate of drug-likeness (QED) is 0.624. The summed E-state index contributed by atoms with van der Waals surface area (Å²) >= 11 is 1.72. The molecule has 2 unspecified atom stereocenters. The summed E-state index contributed by atoms with van der Waals surface area (Å²) < 4.78 is 0. The standard InChI is InChI=1S/C21H26N2O2S/c24-17-8-10-18(11-9-17)26-20(19-7-4-13-22-19)15-21(25)23-14-12-16-5-2-1-3-6-16/h1-3,5-6,8-11,19-20,22,24H,4,7,12-15H2,(H,23,25). The van der Waals surface area contributed by atoms with E-state index in [-0.39, 0.29) is 16.9 Å². The fourth-order valence-corrected chi connectivity index (χ4v) is 4.51. The fourth-order valence-electron chi connectivity index (χ4n) is 3.24. The Morgan fingerprint density at radius 1 is 1.19 bits per heavy atom. The molecule has 1 heterocycles. The van der Waals surface area contributed by atoms with Crippen LogP contribution in [0.5, 0.6) is 5.75 Å². The van der Waals surface area contributed by atoms with Gasteiger partial charge in [-0.1, -0.05) is 30.3 Å². The molecule has 1 aliphatic rings. The van der Waals surface area contributed by atoms with E-state index >= 15 is 0 Å². The zero-order chi connectivity index (χ0) is 18.2. The molecule has 0 bridgehead atoms. The second kappa shape index (κ2) is 9.64. The van der Waals surface area contributed by atoms with Crippen LogP contribution in [-0.4, -0.2) is 35.4 Å². The van der Waals surface area contributed by atoms with Gasteiger partial charge in [0, 0.05) is 29.2 Å². The lowest BCUT2D eigenvalue weighted by atomic mass is 10.1. The zero-order valence-corrected chi connectivity index (χ0v) is 15.7. The number of amides is 1. The van der Waals surface area contributed by atoms with Crippen LogP contribution in [0.1, 0.15) is 24.8 Å². The van der Waals surface area contributed by atoms with Crippen molar-refractivity contribution in [2.24, 2.45) is 0 Å². The highest BCUT2D eigenvalue weighted by Gasteiger charge is 2.27. The van der Waals surface area contributed by atoms with Gasteiger partial charge in [-0.05, 0) is 55.6 Å². The molecular formula is C21H26N2O2S. The number of rotatable bonds is 8. The van der Waals surface area contributed by atoms with Gasteiger partial charge < -0.3 is 15.7 Å². The lowest BCUT2D eigenvalue weighted by Crippen LogP contribution is -2.37. The molecule has 0 aromatic heterocycles. The first kappa shape index (κ1) is 18.8. The predicted molar refractivity (Wildman–Crippen MR) is 107 cm³/mol. The van der Waals surface area contributed by atoms with Crippen molar-refractivity contribution in [1.82, 2.24) is 10.6 Å². The van der Waals surface area contributed by atoms with Crippen molar-refractivity contribution < 1.29 is 9.90 Å². The third kappa shape index (κ3) is 5.78. The molecule has 0 saturated carbocycles. The maximum absolute atomic E-state index is 12.5. The van der Waals surface area contributed by atoms with Crippen LogP contribution < -0.4 is 10.6 Å². The van der Waals surface area contributed by atoms with Crippen LogP contribution in [0.15, 0.2) is 59.5 Å². The van der Waals surface area contributed by atoms with Crippen LogP contribution in [0.2, 0.25) is 0 Å². The average molecular weight is 371 g/mol. The third-order valence-electron chi connectivity index (χ3n) is 4.64. The maximum Gasteiger partial charge on any atom is 0.221 e. The van der Waals surface area contributed by atoms with E-state index in [0.717, 1.165) is 30.7 Å². The molecule has 5 heteroatoms. The molecule has 2 aromatic carbocycles. The van der Waals surface area contributed by atoms with Gasteiger partial charge >= 0.3 is 0 Å². The summed E-state index contributed by atoms with van der Waals surface area (Å²) in [6.07, 6.45) is 3.61. The van der Waals surface area contributed by atoms with Gasteiger partial charge in [-0.2, -0.15) is 0 Å². The van der Waals surface area contributed by atoms with Crippen molar-refractivity contribution in [3.63, 3.8) is 0 Å². The lowest BCUT2D eigenvalue weighted by Gasteiger charge is -2.23. The molecule has 3 rings (SSSR count). The van der Waals surface area contributed by atoms with Crippen molar-refractivity contribution in [3.05, 3.63) is 60.2 Å². The monoisotopic (exact) mass is 370 g/mol. The van der Waals surface area contributed by atoms with Gasteiger partial charge in [0.05, 0.1) is 0 Å². The smallest absolute Gasteiger partial charge is 0.221 e. The Labute approximate surface area is 159 Å². The summed E-state index contributed by atoms with van der Waals surface area (Å²) in [4.78, 5) is 13.5. The summed E-state index contributed by atoms with van der Waals surface area (Å²) in [5.41, 5.74) is 1.24. The second-order valence-corrected chi connectivity index (χ2v) is 7.96.